The van der Waals surface area contributed by atoms with Crippen LogP contribution in [0.5, 0.6) is 0 Å². The van der Waals surface area contributed by atoms with Gasteiger partial charge in [-0.05, 0) is 72.2 Å². The Hall–Kier alpha value is -6.96. The van der Waals surface area contributed by atoms with Gasteiger partial charge in [-0.15, -0.1) is 0 Å². The number of carboxylic acid groups (broad SMARTS) is 2. The number of pyridine rings is 2. The largest absolute Gasteiger partial charge is 0.481 e. The average molecular weight is 779 g/mol. The third-order valence-electron chi connectivity index (χ3n) is 9.99. The molecule has 0 aliphatic carbocycles. The maximum Gasteiger partial charge on any atom is 0.305 e. The molecule has 4 N–H and O–H groups in total. The van der Waals surface area contributed by atoms with Crippen LogP contribution in [0.15, 0.2) is 109 Å². The fourth-order valence-corrected chi connectivity index (χ4v) is 6.98. The number of hydrogen-bond donors (Lipinski definition) is 4. The molecular weight excluding hydrogens is 733 g/mol. The van der Waals surface area contributed by atoms with Gasteiger partial charge in [-0.3, -0.25) is 19.6 Å². The first kappa shape index (κ1) is 39.3. The molecule has 0 bridgehead atoms. The zero-order chi connectivity index (χ0) is 40.1. The number of nitrogens with one attached hydrogen (secondary N) is 2. The lowest BCUT2D eigenvalue weighted by molar-refractivity contribution is -0.137. The summed E-state index contributed by atoms with van der Waals surface area (Å²) in [7, 11) is 0. The third-order valence-corrected chi connectivity index (χ3v) is 9.99. The molecule has 2 aromatic carbocycles. The van der Waals surface area contributed by atoms with Crippen molar-refractivity contribution in [3.63, 3.8) is 0 Å². The van der Waals surface area contributed by atoms with Gasteiger partial charge in [0.15, 0.2) is 11.6 Å². The van der Waals surface area contributed by atoms with E-state index in [9.17, 15) is 9.59 Å². The first-order chi connectivity index (χ1) is 28.4. The van der Waals surface area contributed by atoms with E-state index in [1.54, 1.807) is 12.4 Å². The molecule has 8 rings (SSSR count). The Morgan fingerprint density at radius 2 is 0.879 bits per heavy atom. The Morgan fingerprint density at radius 3 is 1.21 bits per heavy atom. The van der Waals surface area contributed by atoms with Crippen LogP contribution >= 0.6 is 0 Å². The van der Waals surface area contributed by atoms with Gasteiger partial charge in [0.25, 0.3) is 0 Å². The van der Waals surface area contributed by atoms with E-state index in [1.165, 1.54) is 22.3 Å². The number of hydrogen-bond acceptors (Lipinski definition) is 12. The van der Waals surface area contributed by atoms with Crippen LogP contribution in [-0.2, 0) is 35.3 Å². The van der Waals surface area contributed by atoms with Gasteiger partial charge in [0.05, 0.1) is 12.8 Å². The van der Waals surface area contributed by atoms with Crippen molar-refractivity contribution >= 4 is 35.2 Å². The van der Waals surface area contributed by atoms with Crippen molar-refractivity contribution in [2.75, 3.05) is 59.7 Å². The quantitative estimate of drug-likeness (QED) is 0.112. The van der Waals surface area contributed by atoms with Crippen molar-refractivity contribution in [2.45, 2.75) is 38.5 Å². The van der Waals surface area contributed by atoms with Gasteiger partial charge in [-0.25, -0.2) is 19.9 Å². The van der Waals surface area contributed by atoms with Crippen LogP contribution in [-0.4, -0.2) is 91.3 Å². The number of aliphatic carboxylic acids is 2. The lowest BCUT2D eigenvalue weighted by Crippen LogP contribution is -2.27. The predicted octanol–water partition coefficient (Wildman–Crippen LogP) is 6.06. The zero-order valence-corrected chi connectivity index (χ0v) is 32.2. The first-order valence-corrected chi connectivity index (χ1v) is 19.5. The molecule has 58 heavy (non-hydrogen) atoms. The maximum absolute atomic E-state index is 10.8. The number of rotatable bonds is 12. The smallest absolute Gasteiger partial charge is 0.305 e. The van der Waals surface area contributed by atoms with Crippen molar-refractivity contribution in [3.05, 3.63) is 132 Å². The summed E-state index contributed by atoms with van der Waals surface area (Å²) in [6.45, 7) is 4.07. The van der Waals surface area contributed by atoms with Crippen molar-refractivity contribution in [3.8, 4) is 23.0 Å². The van der Waals surface area contributed by atoms with Gasteiger partial charge in [0.1, 0.15) is 34.7 Å². The van der Waals surface area contributed by atoms with Crippen LogP contribution < -0.4 is 20.4 Å². The average Bonchev–Trinajstić information content (AvgIpc) is 3.61. The molecule has 0 amide bonds. The summed E-state index contributed by atoms with van der Waals surface area (Å²) in [4.78, 5) is 53.6. The van der Waals surface area contributed by atoms with Crippen molar-refractivity contribution in [2.24, 2.45) is 0 Å². The summed E-state index contributed by atoms with van der Waals surface area (Å²) in [6, 6.07) is 32.2. The Bertz CT molecular complexity index is 2100. The Labute approximate surface area is 337 Å². The van der Waals surface area contributed by atoms with Gasteiger partial charge in [0.2, 0.25) is 0 Å². The molecule has 0 fully saturated rings. The predicted molar refractivity (Wildman–Crippen MR) is 224 cm³/mol. The lowest BCUT2D eigenvalue weighted by Gasteiger charge is -2.22. The van der Waals surface area contributed by atoms with Crippen LogP contribution in [0, 0.1) is 0 Å². The number of fused-ring (bicyclic) bond motifs is 2. The molecule has 6 aromatic rings. The second-order valence-electron chi connectivity index (χ2n) is 14.0. The van der Waals surface area contributed by atoms with Crippen LogP contribution in [0.3, 0.4) is 0 Å². The summed E-state index contributed by atoms with van der Waals surface area (Å²) in [5.41, 5.74) is 6.91. The highest BCUT2D eigenvalue weighted by atomic mass is 16.4. The number of aromatic nitrogens is 6. The number of anilines is 4. The normalized spacial score (nSPS) is 13.4. The van der Waals surface area contributed by atoms with E-state index in [0.717, 1.165) is 63.5 Å². The van der Waals surface area contributed by atoms with Gasteiger partial charge < -0.3 is 30.6 Å². The minimum absolute atomic E-state index is 0.0251. The summed E-state index contributed by atoms with van der Waals surface area (Å²) in [5.74, 6) is 2.24. The monoisotopic (exact) mass is 778 g/mol. The molecule has 4 aromatic heterocycles. The molecule has 0 atom stereocenters. The van der Waals surface area contributed by atoms with E-state index in [1.807, 2.05) is 48.5 Å². The fourth-order valence-electron chi connectivity index (χ4n) is 6.98. The third kappa shape index (κ3) is 10.7. The minimum Gasteiger partial charge on any atom is -0.481 e. The standard InChI is InChI=1S/2C22H23N5O2/c2*28-21(29)8-12-24-19-15-20(26-22(25-19)18-7-3-4-11-23-18)27-13-9-16-5-1-2-6-17(16)10-14-27/h2*1-7,11,15H,8-10,12-14H2,(H,28,29)(H,24,25,26). The van der Waals surface area contributed by atoms with E-state index in [2.05, 4.69) is 88.9 Å². The molecule has 2 aliphatic rings. The van der Waals surface area contributed by atoms with Crippen molar-refractivity contribution in [1.82, 2.24) is 29.9 Å². The summed E-state index contributed by atoms with van der Waals surface area (Å²) < 4.78 is 0. The number of benzene rings is 2. The molecule has 14 heteroatoms. The molecule has 0 unspecified atom stereocenters. The summed E-state index contributed by atoms with van der Waals surface area (Å²) in [5, 5.41) is 24.0. The maximum atomic E-state index is 10.8. The van der Waals surface area contributed by atoms with Crippen LogP contribution in [0.4, 0.5) is 23.3 Å². The van der Waals surface area contributed by atoms with E-state index in [4.69, 9.17) is 20.2 Å². The second kappa shape index (κ2) is 19.3. The van der Waals surface area contributed by atoms with Crippen molar-refractivity contribution < 1.29 is 19.8 Å². The van der Waals surface area contributed by atoms with E-state index in [0.29, 0.717) is 47.8 Å². The molecule has 2 aliphatic heterocycles. The topological polar surface area (TPSA) is 182 Å². The van der Waals surface area contributed by atoms with Gasteiger partial charge >= 0.3 is 11.9 Å². The number of carbonyl (C=O) groups is 2. The number of carboxylic acids is 2. The first-order valence-electron chi connectivity index (χ1n) is 19.5. The van der Waals surface area contributed by atoms with E-state index < -0.39 is 11.9 Å². The van der Waals surface area contributed by atoms with Crippen LogP contribution in [0.2, 0.25) is 0 Å². The highest BCUT2D eigenvalue weighted by Gasteiger charge is 2.19. The number of nitrogens with zero attached hydrogens (tertiary/aromatic N) is 8. The second-order valence-corrected chi connectivity index (χ2v) is 14.0. The highest BCUT2D eigenvalue weighted by Crippen LogP contribution is 2.26. The van der Waals surface area contributed by atoms with E-state index in [-0.39, 0.29) is 12.8 Å². The molecule has 14 nitrogen and oxygen atoms in total. The van der Waals surface area contributed by atoms with Crippen LogP contribution in [0.1, 0.15) is 35.1 Å². The molecule has 296 valence electrons. The minimum atomic E-state index is -0.845. The molecule has 0 radical (unpaired) electrons. The molecule has 0 spiro atoms. The highest BCUT2D eigenvalue weighted by molar-refractivity contribution is 5.68. The molecule has 6 heterocycles. The Balaban J connectivity index is 0.000000177. The van der Waals surface area contributed by atoms with Gasteiger partial charge in [0, 0.05) is 63.8 Å². The molecular formula is C44H46N10O4. The zero-order valence-electron chi connectivity index (χ0n) is 32.2. The van der Waals surface area contributed by atoms with Crippen molar-refractivity contribution in [1.29, 1.82) is 0 Å². The molecule has 0 saturated carbocycles. The Morgan fingerprint density at radius 1 is 0.517 bits per heavy atom. The van der Waals surface area contributed by atoms with Gasteiger partial charge in [-0.2, -0.15) is 0 Å². The molecule has 0 saturated heterocycles. The van der Waals surface area contributed by atoms with Crippen LogP contribution in [0.25, 0.3) is 23.0 Å². The fraction of sp³-hybridized carbons (Fsp3) is 0.273. The van der Waals surface area contributed by atoms with E-state index >= 15 is 0 Å². The lowest BCUT2D eigenvalue weighted by atomic mass is 10.0. The SMILES string of the molecule is O=C(O)CCNc1cc(N2CCc3ccccc3CC2)nc(-c2ccccn2)n1.O=C(O)CCNc1cc(N2CCc3ccccc3CC2)nc(-c2ccccn2)n1. The Kier molecular flexibility index (Phi) is 13.0. The summed E-state index contributed by atoms with van der Waals surface area (Å²) >= 11 is 0. The summed E-state index contributed by atoms with van der Waals surface area (Å²) in [6.07, 6.45) is 7.31. The van der Waals surface area contributed by atoms with Gasteiger partial charge in [-0.1, -0.05) is 60.7 Å².